The van der Waals surface area contributed by atoms with E-state index in [0.717, 1.165) is 12.3 Å². The molecule has 29 heavy (non-hydrogen) atoms. The number of halogens is 2. The average molecular weight is 434 g/mol. The highest BCUT2D eigenvalue weighted by Crippen LogP contribution is 2.31. The summed E-state index contributed by atoms with van der Waals surface area (Å²) in [5.41, 5.74) is 1.08. The summed E-state index contributed by atoms with van der Waals surface area (Å²) in [6.45, 7) is 5.52. The number of nitrogens with one attached hydrogen (secondary N) is 2. The van der Waals surface area contributed by atoms with Gasteiger partial charge in [-0.05, 0) is 37.3 Å². The van der Waals surface area contributed by atoms with Crippen LogP contribution in [0.25, 0.3) is 17.2 Å². The van der Waals surface area contributed by atoms with E-state index in [1.54, 1.807) is 25.3 Å². The van der Waals surface area contributed by atoms with Crippen LogP contribution in [0.3, 0.4) is 0 Å². The third-order valence-electron chi connectivity index (χ3n) is 4.26. The van der Waals surface area contributed by atoms with E-state index in [2.05, 4.69) is 21.9 Å². The van der Waals surface area contributed by atoms with Crippen molar-refractivity contribution in [2.75, 3.05) is 11.6 Å². The predicted octanol–water partition coefficient (Wildman–Crippen LogP) is 4.33. The van der Waals surface area contributed by atoms with Crippen LogP contribution < -0.4 is 10.9 Å². The van der Waals surface area contributed by atoms with Crippen molar-refractivity contribution in [3.63, 3.8) is 0 Å². The minimum atomic E-state index is -3.80. The van der Waals surface area contributed by atoms with Crippen molar-refractivity contribution in [1.82, 2.24) is 9.97 Å². The fraction of sp³-hybridized carbons (Fsp3) is 0.100. The second-order valence-electron chi connectivity index (χ2n) is 6.34. The van der Waals surface area contributed by atoms with Crippen LogP contribution in [0.1, 0.15) is 11.3 Å². The van der Waals surface area contributed by atoms with E-state index in [4.69, 9.17) is 11.6 Å². The number of hydrogen-bond acceptors (Lipinski definition) is 5. The molecule has 0 aliphatic carbocycles. The highest BCUT2D eigenvalue weighted by Gasteiger charge is 2.20. The summed E-state index contributed by atoms with van der Waals surface area (Å²) in [6.07, 6.45) is 4.09. The first-order chi connectivity index (χ1) is 13.6. The SMILES string of the molecule is C=Cc1c(Nc2cc(-c3cc(Cl)ccc3F)c(=O)[nH]c2S(C)(=O)=O)ccnc1C. The van der Waals surface area contributed by atoms with Gasteiger partial charge < -0.3 is 10.3 Å². The average Bonchev–Trinajstić information content (AvgIpc) is 2.64. The van der Waals surface area contributed by atoms with E-state index in [1.807, 2.05) is 0 Å². The van der Waals surface area contributed by atoms with Gasteiger partial charge in [-0.2, -0.15) is 0 Å². The molecule has 0 saturated carbocycles. The van der Waals surface area contributed by atoms with Gasteiger partial charge in [0, 0.05) is 40.0 Å². The molecule has 9 heteroatoms. The van der Waals surface area contributed by atoms with E-state index < -0.39 is 21.2 Å². The van der Waals surface area contributed by atoms with Gasteiger partial charge >= 0.3 is 0 Å². The molecule has 0 radical (unpaired) electrons. The second-order valence-corrected chi connectivity index (χ2v) is 8.73. The van der Waals surface area contributed by atoms with Crippen LogP contribution in [-0.2, 0) is 9.84 Å². The highest BCUT2D eigenvalue weighted by atomic mass is 35.5. The highest BCUT2D eigenvalue weighted by molar-refractivity contribution is 7.90. The molecule has 0 aliphatic heterocycles. The number of aromatic nitrogens is 2. The molecule has 0 spiro atoms. The Bertz CT molecular complexity index is 1290. The van der Waals surface area contributed by atoms with Gasteiger partial charge in [0.15, 0.2) is 14.9 Å². The summed E-state index contributed by atoms with van der Waals surface area (Å²) in [6, 6.07) is 6.72. The van der Waals surface area contributed by atoms with Gasteiger partial charge in [-0.1, -0.05) is 24.3 Å². The molecule has 2 heterocycles. The molecular weight excluding hydrogens is 417 g/mol. The van der Waals surface area contributed by atoms with Crippen molar-refractivity contribution in [1.29, 1.82) is 0 Å². The maximum atomic E-state index is 14.3. The van der Waals surface area contributed by atoms with Gasteiger partial charge in [0.05, 0.1) is 11.3 Å². The molecule has 0 bridgehead atoms. The van der Waals surface area contributed by atoms with Crippen molar-refractivity contribution in [2.45, 2.75) is 11.9 Å². The van der Waals surface area contributed by atoms with Crippen molar-refractivity contribution in [2.24, 2.45) is 0 Å². The lowest BCUT2D eigenvalue weighted by Gasteiger charge is -2.15. The van der Waals surface area contributed by atoms with Gasteiger partial charge in [-0.15, -0.1) is 0 Å². The number of nitrogens with zero attached hydrogens (tertiary/aromatic N) is 1. The minimum Gasteiger partial charge on any atom is -0.353 e. The van der Waals surface area contributed by atoms with E-state index in [0.29, 0.717) is 16.9 Å². The first-order valence-corrected chi connectivity index (χ1v) is 10.7. The smallest absolute Gasteiger partial charge is 0.257 e. The number of aromatic amines is 1. The number of H-pyrrole nitrogens is 1. The zero-order valence-corrected chi connectivity index (χ0v) is 17.2. The molecule has 2 N–H and O–H groups in total. The first kappa shape index (κ1) is 20.8. The Balaban J connectivity index is 2.28. The quantitative estimate of drug-likeness (QED) is 0.624. The lowest BCUT2D eigenvalue weighted by atomic mass is 10.1. The number of rotatable bonds is 5. The summed E-state index contributed by atoms with van der Waals surface area (Å²) in [7, 11) is -3.80. The predicted molar refractivity (Wildman–Crippen MR) is 113 cm³/mol. The fourth-order valence-corrected chi connectivity index (χ4v) is 3.85. The van der Waals surface area contributed by atoms with Crippen molar-refractivity contribution in [3.8, 4) is 11.1 Å². The Labute approximate surface area is 172 Å². The van der Waals surface area contributed by atoms with Crippen LogP contribution in [-0.4, -0.2) is 24.6 Å². The van der Waals surface area contributed by atoms with E-state index in [9.17, 15) is 17.6 Å². The van der Waals surface area contributed by atoms with Crippen LogP contribution in [0.2, 0.25) is 5.02 Å². The Morgan fingerprint density at radius 2 is 1.93 bits per heavy atom. The molecular formula is C20H17ClFN3O3S. The maximum absolute atomic E-state index is 14.3. The largest absolute Gasteiger partial charge is 0.353 e. The summed E-state index contributed by atoms with van der Waals surface area (Å²) < 4.78 is 38.8. The summed E-state index contributed by atoms with van der Waals surface area (Å²) in [5, 5.41) is 2.91. The molecule has 0 aliphatic rings. The van der Waals surface area contributed by atoms with Crippen LogP contribution >= 0.6 is 11.6 Å². The second kappa shape index (κ2) is 7.81. The zero-order chi connectivity index (χ0) is 21.3. The number of hydrogen-bond donors (Lipinski definition) is 2. The lowest BCUT2D eigenvalue weighted by molar-refractivity contribution is 0.598. The van der Waals surface area contributed by atoms with Gasteiger partial charge in [-0.25, -0.2) is 12.8 Å². The van der Waals surface area contributed by atoms with Gasteiger partial charge in [0.2, 0.25) is 0 Å². The van der Waals surface area contributed by atoms with Crippen LogP contribution in [0, 0.1) is 12.7 Å². The normalized spacial score (nSPS) is 11.3. The fourth-order valence-electron chi connectivity index (χ4n) is 2.89. The van der Waals surface area contributed by atoms with E-state index >= 15 is 0 Å². The zero-order valence-electron chi connectivity index (χ0n) is 15.6. The number of sulfone groups is 1. The molecule has 3 rings (SSSR count). The number of anilines is 2. The van der Waals surface area contributed by atoms with Crippen molar-refractivity contribution in [3.05, 3.63) is 75.6 Å². The minimum absolute atomic E-state index is 0.0447. The molecule has 2 aromatic heterocycles. The standard InChI is InChI=1S/C20H17ClFN3O3S/c1-4-13-11(2)23-8-7-17(13)24-18-10-15(14-9-12(21)5-6-16(14)22)19(26)25-20(18)29(3,27)28/h4-10H,1H2,2-3H3,(H,23,24)(H,25,26). The molecule has 0 fully saturated rings. The monoisotopic (exact) mass is 433 g/mol. The molecule has 0 amide bonds. The Morgan fingerprint density at radius 1 is 1.21 bits per heavy atom. The van der Waals surface area contributed by atoms with E-state index in [-0.39, 0.29) is 26.9 Å². The summed E-state index contributed by atoms with van der Waals surface area (Å²) in [4.78, 5) is 19.1. The van der Waals surface area contributed by atoms with Gasteiger partial charge in [-0.3, -0.25) is 9.78 Å². The molecule has 0 unspecified atom stereocenters. The number of aryl methyl sites for hydroxylation is 1. The lowest BCUT2D eigenvalue weighted by Crippen LogP contribution is -2.17. The maximum Gasteiger partial charge on any atom is 0.257 e. The van der Waals surface area contributed by atoms with Gasteiger partial charge in [0.1, 0.15) is 5.82 Å². The molecule has 3 aromatic rings. The first-order valence-electron chi connectivity index (χ1n) is 8.39. The molecule has 0 atom stereocenters. The Kier molecular flexibility index (Phi) is 5.59. The topological polar surface area (TPSA) is 91.9 Å². The Hall–Kier alpha value is -2.97. The van der Waals surface area contributed by atoms with E-state index in [1.165, 1.54) is 18.2 Å². The molecule has 0 saturated heterocycles. The third-order valence-corrected chi connectivity index (χ3v) is 5.56. The van der Waals surface area contributed by atoms with Crippen LogP contribution in [0.15, 0.2) is 52.9 Å². The molecule has 150 valence electrons. The number of pyridine rings is 2. The third kappa shape index (κ3) is 4.23. The van der Waals surface area contributed by atoms with Crippen LogP contribution in [0.5, 0.6) is 0 Å². The summed E-state index contributed by atoms with van der Waals surface area (Å²) in [5.74, 6) is -0.663. The van der Waals surface area contributed by atoms with Gasteiger partial charge in [0.25, 0.3) is 5.56 Å². The Morgan fingerprint density at radius 3 is 2.59 bits per heavy atom. The summed E-state index contributed by atoms with van der Waals surface area (Å²) >= 11 is 5.94. The van der Waals surface area contributed by atoms with Crippen molar-refractivity contribution < 1.29 is 12.8 Å². The van der Waals surface area contributed by atoms with Crippen LogP contribution in [0.4, 0.5) is 15.8 Å². The molecule has 6 nitrogen and oxygen atoms in total. The molecule has 1 aromatic carbocycles. The number of benzene rings is 1. The van der Waals surface area contributed by atoms with Crippen molar-refractivity contribution >= 4 is 38.9 Å².